The topological polar surface area (TPSA) is 74.5 Å². The third kappa shape index (κ3) is 4.00. The molecule has 3 aromatic rings. The second-order valence-electron chi connectivity index (χ2n) is 5.55. The van der Waals surface area contributed by atoms with Gasteiger partial charge >= 0.3 is 0 Å². The van der Waals surface area contributed by atoms with Gasteiger partial charge in [-0.25, -0.2) is 4.98 Å². The summed E-state index contributed by atoms with van der Waals surface area (Å²) in [5.41, 5.74) is 1.79. The van der Waals surface area contributed by atoms with Crippen molar-refractivity contribution in [2.45, 2.75) is 13.3 Å². The molecule has 1 heterocycles. The van der Waals surface area contributed by atoms with E-state index < -0.39 is 4.92 Å². The van der Waals surface area contributed by atoms with Gasteiger partial charge in [-0.15, -0.1) is 11.3 Å². The Morgan fingerprint density at radius 2 is 2.04 bits per heavy atom. The van der Waals surface area contributed by atoms with E-state index in [1.807, 2.05) is 37.3 Å². The van der Waals surface area contributed by atoms with E-state index in [1.165, 1.54) is 17.4 Å². The van der Waals surface area contributed by atoms with Crippen molar-refractivity contribution in [3.8, 4) is 11.5 Å². The van der Waals surface area contributed by atoms with Gasteiger partial charge < -0.3 is 9.47 Å². The molecule has 0 fully saturated rings. The van der Waals surface area contributed by atoms with E-state index in [9.17, 15) is 10.1 Å². The molecule has 2 aromatic carbocycles. The van der Waals surface area contributed by atoms with Crippen LogP contribution in [0.2, 0.25) is 0 Å². The van der Waals surface area contributed by atoms with E-state index in [2.05, 4.69) is 4.98 Å². The molecule has 26 heavy (non-hydrogen) atoms. The molecule has 0 aliphatic rings. The van der Waals surface area contributed by atoms with Crippen LogP contribution in [-0.2, 0) is 0 Å². The number of nitro benzene ring substituents is 1. The van der Waals surface area contributed by atoms with Crippen LogP contribution in [0.3, 0.4) is 0 Å². The van der Waals surface area contributed by atoms with E-state index in [0.717, 1.165) is 27.2 Å². The predicted molar refractivity (Wildman–Crippen MR) is 104 cm³/mol. The van der Waals surface area contributed by atoms with Crippen molar-refractivity contribution in [3.63, 3.8) is 0 Å². The van der Waals surface area contributed by atoms with Gasteiger partial charge in [0.2, 0.25) is 0 Å². The summed E-state index contributed by atoms with van der Waals surface area (Å²) in [5, 5.41) is 11.7. The predicted octanol–water partition coefficient (Wildman–Crippen LogP) is 5.17. The molecule has 1 aromatic heterocycles. The van der Waals surface area contributed by atoms with Crippen molar-refractivity contribution in [1.29, 1.82) is 0 Å². The van der Waals surface area contributed by atoms with Gasteiger partial charge in [0, 0.05) is 12.1 Å². The SMILES string of the molecule is CCCOc1cc(/C=C/c2nc3ccc([N+](=O)[O-])cc3s2)ccc1OC. The van der Waals surface area contributed by atoms with Crippen molar-refractivity contribution in [1.82, 2.24) is 4.98 Å². The van der Waals surface area contributed by atoms with Gasteiger partial charge in [-0.3, -0.25) is 10.1 Å². The number of hydrogen-bond donors (Lipinski definition) is 0. The largest absolute Gasteiger partial charge is 0.493 e. The zero-order valence-electron chi connectivity index (χ0n) is 14.5. The fourth-order valence-corrected chi connectivity index (χ4v) is 3.31. The molecule has 0 spiro atoms. The van der Waals surface area contributed by atoms with Crippen molar-refractivity contribution in [3.05, 3.63) is 57.1 Å². The number of fused-ring (bicyclic) bond motifs is 1. The molecule has 0 amide bonds. The minimum atomic E-state index is -0.399. The van der Waals surface area contributed by atoms with E-state index in [-0.39, 0.29) is 5.69 Å². The number of nitrogens with zero attached hydrogens (tertiary/aromatic N) is 2. The number of methoxy groups -OCH3 is 1. The summed E-state index contributed by atoms with van der Waals surface area (Å²) in [4.78, 5) is 15.0. The van der Waals surface area contributed by atoms with Crippen LogP contribution in [0.4, 0.5) is 5.69 Å². The highest BCUT2D eigenvalue weighted by atomic mass is 32.1. The second kappa shape index (κ2) is 7.97. The number of non-ortho nitro benzene ring substituents is 1. The lowest BCUT2D eigenvalue weighted by Gasteiger charge is -2.10. The highest BCUT2D eigenvalue weighted by Crippen LogP contribution is 2.30. The fraction of sp³-hybridized carbons (Fsp3) is 0.211. The Morgan fingerprint density at radius 3 is 2.77 bits per heavy atom. The standard InChI is InChI=1S/C19H18N2O4S/c1-3-10-25-17-11-13(4-8-16(17)24-2)5-9-19-20-15-7-6-14(21(22)23)12-18(15)26-19/h4-9,11-12H,3,10H2,1-2H3/b9-5+. The third-order valence-corrected chi connectivity index (χ3v) is 4.65. The molecular formula is C19H18N2O4S. The number of nitro groups is 1. The highest BCUT2D eigenvalue weighted by molar-refractivity contribution is 7.19. The Hall–Kier alpha value is -2.93. The maximum absolute atomic E-state index is 10.9. The quantitative estimate of drug-likeness (QED) is 0.423. The van der Waals surface area contributed by atoms with Gasteiger partial charge in [-0.2, -0.15) is 0 Å². The monoisotopic (exact) mass is 370 g/mol. The summed E-state index contributed by atoms with van der Waals surface area (Å²) in [6.07, 6.45) is 4.74. The molecule has 0 aliphatic heterocycles. The average Bonchev–Trinajstić information content (AvgIpc) is 3.06. The van der Waals surface area contributed by atoms with Gasteiger partial charge in [0.1, 0.15) is 5.01 Å². The number of rotatable bonds is 7. The Bertz CT molecular complexity index is 965. The molecule has 7 heteroatoms. The van der Waals surface area contributed by atoms with E-state index in [4.69, 9.17) is 9.47 Å². The Morgan fingerprint density at radius 1 is 1.19 bits per heavy atom. The zero-order chi connectivity index (χ0) is 18.5. The molecular weight excluding hydrogens is 352 g/mol. The number of thiazole rings is 1. The van der Waals surface area contributed by atoms with Gasteiger partial charge in [-0.1, -0.05) is 19.1 Å². The summed E-state index contributed by atoms with van der Waals surface area (Å²) < 4.78 is 11.8. The lowest BCUT2D eigenvalue weighted by molar-refractivity contribution is -0.384. The number of hydrogen-bond acceptors (Lipinski definition) is 6. The molecule has 3 rings (SSSR count). The first-order valence-corrected chi connectivity index (χ1v) is 8.96. The minimum Gasteiger partial charge on any atom is -0.493 e. The lowest BCUT2D eigenvalue weighted by atomic mass is 10.2. The molecule has 134 valence electrons. The summed E-state index contributed by atoms with van der Waals surface area (Å²) in [6.45, 7) is 2.67. The summed E-state index contributed by atoms with van der Waals surface area (Å²) in [7, 11) is 1.62. The first-order chi connectivity index (χ1) is 12.6. The molecule has 0 radical (unpaired) electrons. The van der Waals surface area contributed by atoms with E-state index in [1.54, 1.807) is 19.2 Å². The normalized spacial score (nSPS) is 11.2. The van der Waals surface area contributed by atoms with Gasteiger partial charge in [0.05, 0.1) is 28.9 Å². The summed E-state index contributed by atoms with van der Waals surface area (Å²) in [6, 6.07) is 10.4. The Labute approximate surface area is 154 Å². The fourth-order valence-electron chi connectivity index (χ4n) is 2.41. The minimum absolute atomic E-state index is 0.0737. The van der Waals surface area contributed by atoms with Crippen LogP contribution in [0.15, 0.2) is 36.4 Å². The molecule has 0 saturated carbocycles. The lowest BCUT2D eigenvalue weighted by Crippen LogP contribution is -1.97. The van der Waals surface area contributed by atoms with Crippen LogP contribution in [0.5, 0.6) is 11.5 Å². The van der Waals surface area contributed by atoms with Crippen molar-refractivity contribution < 1.29 is 14.4 Å². The molecule has 6 nitrogen and oxygen atoms in total. The van der Waals surface area contributed by atoms with Crippen LogP contribution in [0.1, 0.15) is 23.9 Å². The van der Waals surface area contributed by atoms with Crippen LogP contribution in [0, 0.1) is 10.1 Å². The smallest absolute Gasteiger partial charge is 0.270 e. The number of ether oxygens (including phenoxy) is 2. The first kappa shape index (κ1) is 17.9. The zero-order valence-corrected chi connectivity index (χ0v) is 15.3. The third-order valence-electron chi connectivity index (χ3n) is 3.67. The Balaban J connectivity index is 1.85. The van der Waals surface area contributed by atoms with Gasteiger partial charge in [0.15, 0.2) is 11.5 Å². The molecule has 0 aliphatic carbocycles. The van der Waals surface area contributed by atoms with Crippen LogP contribution >= 0.6 is 11.3 Å². The molecule has 0 unspecified atom stereocenters. The molecule has 0 bridgehead atoms. The van der Waals surface area contributed by atoms with Gasteiger partial charge in [0.25, 0.3) is 5.69 Å². The summed E-state index contributed by atoms with van der Waals surface area (Å²) >= 11 is 1.42. The summed E-state index contributed by atoms with van der Waals surface area (Å²) in [5.74, 6) is 1.40. The first-order valence-electron chi connectivity index (χ1n) is 8.14. The van der Waals surface area contributed by atoms with Crippen molar-refractivity contribution in [2.75, 3.05) is 13.7 Å². The maximum Gasteiger partial charge on any atom is 0.270 e. The van der Waals surface area contributed by atoms with Crippen molar-refractivity contribution >= 4 is 39.4 Å². The molecule has 0 N–H and O–H groups in total. The molecule has 0 saturated heterocycles. The second-order valence-corrected chi connectivity index (χ2v) is 6.62. The van der Waals surface area contributed by atoms with Gasteiger partial charge in [-0.05, 0) is 36.3 Å². The Kier molecular flexibility index (Phi) is 5.48. The number of benzene rings is 2. The average molecular weight is 370 g/mol. The van der Waals surface area contributed by atoms with Crippen LogP contribution in [0.25, 0.3) is 22.4 Å². The van der Waals surface area contributed by atoms with E-state index >= 15 is 0 Å². The van der Waals surface area contributed by atoms with Crippen LogP contribution < -0.4 is 9.47 Å². The maximum atomic E-state index is 10.9. The molecule has 0 atom stereocenters. The highest BCUT2D eigenvalue weighted by Gasteiger charge is 2.09. The van der Waals surface area contributed by atoms with Crippen molar-refractivity contribution in [2.24, 2.45) is 0 Å². The van der Waals surface area contributed by atoms with E-state index in [0.29, 0.717) is 18.1 Å². The number of aromatic nitrogens is 1. The van der Waals surface area contributed by atoms with Crippen LogP contribution in [-0.4, -0.2) is 23.6 Å².